The molecular formula is C18H23F3N4O2S. The van der Waals surface area contributed by atoms with Gasteiger partial charge in [-0.1, -0.05) is 6.07 Å². The molecule has 2 N–H and O–H groups in total. The molecule has 2 aromatic rings. The van der Waals surface area contributed by atoms with E-state index in [2.05, 4.69) is 20.6 Å². The van der Waals surface area contributed by atoms with Crippen molar-refractivity contribution in [3.63, 3.8) is 0 Å². The summed E-state index contributed by atoms with van der Waals surface area (Å²) in [6, 6.07) is 7.28. The van der Waals surface area contributed by atoms with Crippen molar-refractivity contribution < 1.29 is 22.6 Å². The molecule has 0 aliphatic rings. The van der Waals surface area contributed by atoms with E-state index >= 15 is 0 Å². The van der Waals surface area contributed by atoms with Crippen molar-refractivity contribution in [2.45, 2.75) is 32.7 Å². The van der Waals surface area contributed by atoms with E-state index in [1.807, 2.05) is 32.0 Å². The van der Waals surface area contributed by atoms with Gasteiger partial charge in [0.15, 0.2) is 11.7 Å². The number of alkyl halides is 3. The van der Waals surface area contributed by atoms with Crippen LogP contribution in [-0.2, 0) is 12.7 Å². The highest BCUT2D eigenvalue weighted by Gasteiger charge is 2.33. The summed E-state index contributed by atoms with van der Waals surface area (Å²) < 4.78 is 48.8. The second kappa shape index (κ2) is 10.2. The van der Waals surface area contributed by atoms with Crippen molar-refractivity contribution in [1.82, 2.24) is 15.6 Å². The van der Waals surface area contributed by atoms with Crippen molar-refractivity contribution in [3.05, 3.63) is 40.3 Å². The third kappa shape index (κ3) is 6.91. The molecule has 0 aliphatic heterocycles. The second-order valence-electron chi connectivity index (χ2n) is 5.81. The number of halogens is 3. The Labute approximate surface area is 165 Å². The monoisotopic (exact) mass is 416 g/mol. The van der Waals surface area contributed by atoms with Crippen molar-refractivity contribution in [3.8, 4) is 11.5 Å². The number of methoxy groups -OCH3 is 1. The van der Waals surface area contributed by atoms with Crippen LogP contribution in [0, 0.1) is 0 Å². The average Bonchev–Trinajstić information content (AvgIpc) is 3.13. The van der Waals surface area contributed by atoms with Gasteiger partial charge in [0.2, 0.25) is 0 Å². The molecular weight excluding hydrogens is 393 g/mol. The maximum atomic E-state index is 12.6. The number of thiazole rings is 1. The van der Waals surface area contributed by atoms with Gasteiger partial charge in [-0.3, -0.25) is 0 Å². The Kier molecular flexibility index (Phi) is 7.91. The van der Waals surface area contributed by atoms with E-state index in [0.717, 1.165) is 16.7 Å². The van der Waals surface area contributed by atoms with Crippen LogP contribution in [0.3, 0.4) is 0 Å². The van der Waals surface area contributed by atoms with Crippen LogP contribution in [0.1, 0.15) is 24.5 Å². The molecule has 10 heteroatoms. The molecule has 1 heterocycles. The first kappa shape index (κ1) is 21.8. The fraction of sp³-hybridized carbons (Fsp3) is 0.444. The quantitative estimate of drug-likeness (QED) is 0.508. The van der Waals surface area contributed by atoms with Gasteiger partial charge in [-0.2, -0.15) is 13.2 Å². The van der Waals surface area contributed by atoms with Gasteiger partial charge in [-0.05, 0) is 26.0 Å². The largest absolute Gasteiger partial charge is 0.497 e. The zero-order valence-electron chi connectivity index (χ0n) is 15.8. The van der Waals surface area contributed by atoms with Crippen molar-refractivity contribution >= 4 is 17.3 Å². The lowest BCUT2D eigenvalue weighted by molar-refractivity contribution is -0.140. The number of hydrogen-bond donors (Lipinski definition) is 2. The molecule has 28 heavy (non-hydrogen) atoms. The first-order chi connectivity index (χ1) is 13.3. The number of ether oxygens (including phenoxy) is 2. The van der Waals surface area contributed by atoms with Gasteiger partial charge in [-0.25, -0.2) is 9.98 Å². The fourth-order valence-corrected chi connectivity index (χ4v) is 2.92. The summed E-state index contributed by atoms with van der Waals surface area (Å²) in [5.74, 6) is 1.86. The molecule has 0 bridgehead atoms. The number of guanidine groups is 1. The summed E-state index contributed by atoms with van der Waals surface area (Å²) >= 11 is 0.936. The Morgan fingerprint density at radius 1 is 1.29 bits per heavy atom. The van der Waals surface area contributed by atoms with Gasteiger partial charge < -0.3 is 20.1 Å². The van der Waals surface area contributed by atoms with E-state index in [-0.39, 0.29) is 12.6 Å². The van der Waals surface area contributed by atoms with Crippen LogP contribution in [0.5, 0.6) is 11.5 Å². The SMILES string of the molecule is CCNC(=NCc1nc(C(F)(F)F)cs1)NCC(C)Oc1cccc(OC)c1. The summed E-state index contributed by atoms with van der Waals surface area (Å²) in [5.41, 5.74) is -0.888. The maximum Gasteiger partial charge on any atom is 0.434 e. The summed E-state index contributed by atoms with van der Waals surface area (Å²) in [5, 5.41) is 7.45. The highest BCUT2D eigenvalue weighted by atomic mass is 32.1. The first-order valence-corrected chi connectivity index (χ1v) is 9.54. The number of aromatic nitrogens is 1. The fourth-order valence-electron chi connectivity index (χ4n) is 2.19. The lowest BCUT2D eigenvalue weighted by atomic mass is 10.3. The highest BCUT2D eigenvalue weighted by molar-refractivity contribution is 7.09. The van der Waals surface area contributed by atoms with Crippen LogP contribution < -0.4 is 20.1 Å². The predicted octanol–water partition coefficient (Wildman–Crippen LogP) is 3.69. The molecule has 1 atom stereocenters. The summed E-state index contributed by atoms with van der Waals surface area (Å²) in [6.45, 7) is 4.92. The minimum absolute atomic E-state index is 0.0567. The summed E-state index contributed by atoms with van der Waals surface area (Å²) in [6.07, 6.45) is -4.61. The molecule has 2 rings (SSSR count). The van der Waals surface area contributed by atoms with E-state index in [1.165, 1.54) is 0 Å². The summed E-state index contributed by atoms with van der Waals surface area (Å²) in [4.78, 5) is 7.86. The standard InChI is InChI=1S/C18H23F3N4O2S/c1-4-22-17(24-10-16-25-15(11-28-16)18(19,20)21)23-9-12(2)27-14-7-5-6-13(8-14)26-3/h5-8,11-12H,4,9-10H2,1-3H3,(H2,22,23,24). The van der Waals surface area contributed by atoms with Crippen LogP contribution in [0.15, 0.2) is 34.6 Å². The Bertz CT molecular complexity index is 780. The number of nitrogens with zero attached hydrogens (tertiary/aromatic N) is 2. The number of nitrogens with one attached hydrogen (secondary N) is 2. The molecule has 0 fully saturated rings. The van der Waals surface area contributed by atoms with Crippen LogP contribution in [0.25, 0.3) is 0 Å². The molecule has 0 aliphatic carbocycles. The van der Waals surface area contributed by atoms with Gasteiger partial charge in [0.1, 0.15) is 22.6 Å². The average molecular weight is 416 g/mol. The minimum Gasteiger partial charge on any atom is -0.497 e. The van der Waals surface area contributed by atoms with Crippen molar-refractivity contribution in [1.29, 1.82) is 0 Å². The van der Waals surface area contributed by atoms with Gasteiger partial charge in [-0.15, -0.1) is 11.3 Å². The Morgan fingerprint density at radius 2 is 2.04 bits per heavy atom. The molecule has 0 spiro atoms. The van der Waals surface area contributed by atoms with Gasteiger partial charge >= 0.3 is 6.18 Å². The van der Waals surface area contributed by atoms with Crippen molar-refractivity contribution in [2.24, 2.45) is 4.99 Å². The molecule has 0 saturated heterocycles. The zero-order chi connectivity index (χ0) is 20.6. The van der Waals surface area contributed by atoms with Crippen molar-refractivity contribution in [2.75, 3.05) is 20.2 Å². The van der Waals surface area contributed by atoms with Crippen LogP contribution in [-0.4, -0.2) is 37.2 Å². The summed E-state index contributed by atoms with van der Waals surface area (Å²) in [7, 11) is 1.59. The Morgan fingerprint density at radius 3 is 2.68 bits per heavy atom. The maximum absolute atomic E-state index is 12.6. The highest BCUT2D eigenvalue weighted by Crippen LogP contribution is 2.30. The van der Waals surface area contributed by atoms with E-state index in [4.69, 9.17) is 9.47 Å². The normalized spacial score (nSPS) is 13.1. The Balaban J connectivity index is 1.90. The molecule has 0 amide bonds. The topological polar surface area (TPSA) is 67.8 Å². The molecule has 0 saturated carbocycles. The van der Waals surface area contributed by atoms with Crippen LogP contribution in [0.2, 0.25) is 0 Å². The van der Waals surface area contributed by atoms with Crippen LogP contribution >= 0.6 is 11.3 Å². The second-order valence-corrected chi connectivity index (χ2v) is 6.75. The number of benzene rings is 1. The van der Waals surface area contributed by atoms with Gasteiger partial charge in [0.25, 0.3) is 0 Å². The molecule has 6 nitrogen and oxygen atoms in total. The van der Waals surface area contributed by atoms with E-state index in [0.29, 0.717) is 35.6 Å². The number of aliphatic imine (C=N–C) groups is 1. The first-order valence-electron chi connectivity index (χ1n) is 8.66. The minimum atomic E-state index is -4.44. The lowest BCUT2D eigenvalue weighted by Gasteiger charge is -2.18. The number of hydrogen-bond acceptors (Lipinski definition) is 5. The predicted molar refractivity (Wildman–Crippen MR) is 103 cm³/mol. The van der Waals surface area contributed by atoms with E-state index in [9.17, 15) is 13.2 Å². The molecule has 0 radical (unpaired) electrons. The van der Waals surface area contributed by atoms with E-state index in [1.54, 1.807) is 13.2 Å². The molecule has 1 aromatic heterocycles. The molecule has 1 aromatic carbocycles. The van der Waals surface area contributed by atoms with Gasteiger partial charge in [0.05, 0.1) is 20.2 Å². The number of rotatable bonds is 8. The molecule has 1 unspecified atom stereocenters. The lowest BCUT2D eigenvalue weighted by Crippen LogP contribution is -2.41. The van der Waals surface area contributed by atoms with E-state index < -0.39 is 11.9 Å². The third-order valence-electron chi connectivity index (χ3n) is 3.49. The Hall–Kier alpha value is -2.49. The van der Waals surface area contributed by atoms with Gasteiger partial charge in [0, 0.05) is 18.0 Å². The third-order valence-corrected chi connectivity index (χ3v) is 4.33. The van der Waals surface area contributed by atoms with Crippen LogP contribution in [0.4, 0.5) is 13.2 Å². The molecule has 154 valence electrons. The zero-order valence-corrected chi connectivity index (χ0v) is 16.7. The smallest absolute Gasteiger partial charge is 0.434 e.